The topological polar surface area (TPSA) is 86.7 Å². The molecule has 35 heavy (non-hydrogen) atoms. The molecule has 2 N–H and O–H groups in total. The molecule has 2 heterocycles. The highest BCUT2D eigenvalue weighted by molar-refractivity contribution is 8.06. The van der Waals surface area contributed by atoms with Crippen LogP contribution in [0.5, 0.6) is 0 Å². The van der Waals surface area contributed by atoms with Gasteiger partial charge in [0, 0.05) is 15.6 Å². The van der Waals surface area contributed by atoms with E-state index in [1.54, 1.807) is 0 Å². The highest BCUT2D eigenvalue weighted by atomic mass is 32.2. The van der Waals surface area contributed by atoms with Gasteiger partial charge in [-0.3, -0.25) is 14.5 Å². The molecule has 6 nitrogen and oxygen atoms in total. The van der Waals surface area contributed by atoms with E-state index < -0.39 is 23.3 Å². The van der Waals surface area contributed by atoms with Crippen LogP contribution >= 0.6 is 23.5 Å². The number of aliphatic carboxylic acids is 1. The quantitative estimate of drug-likeness (QED) is 0.466. The maximum absolute atomic E-state index is 12.9. The zero-order chi connectivity index (χ0) is 24.4. The first kappa shape index (κ1) is 23.3. The largest absolute Gasteiger partial charge is 0.477 e. The molecule has 2 atom stereocenters. The van der Waals surface area contributed by atoms with Crippen LogP contribution in [0.4, 0.5) is 0 Å². The summed E-state index contributed by atoms with van der Waals surface area (Å²) in [6, 6.07) is 26.4. The predicted octanol–water partition coefficient (Wildman–Crippen LogP) is 4.38. The molecule has 0 aliphatic carbocycles. The Morgan fingerprint density at radius 1 is 0.971 bits per heavy atom. The van der Waals surface area contributed by atoms with Crippen LogP contribution in [0.2, 0.25) is 0 Å². The Kier molecular flexibility index (Phi) is 6.66. The number of nitrogens with one attached hydrogen (secondary N) is 1. The summed E-state index contributed by atoms with van der Waals surface area (Å²) < 4.78 is 0. The van der Waals surface area contributed by atoms with Crippen molar-refractivity contribution in [3.63, 3.8) is 0 Å². The number of nitrogens with zero attached hydrogens (tertiary/aromatic N) is 1. The Balaban J connectivity index is 1.32. The minimum Gasteiger partial charge on any atom is -0.477 e. The maximum Gasteiger partial charge on any atom is 0.353 e. The number of hydrogen-bond acceptors (Lipinski definition) is 5. The Bertz CT molecular complexity index is 1310. The monoisotopic (exact) mass is 502 g/mol. The molecule has 2 aliphatic heterocycles. The summed E-state index contributed by atoms with van der Waals surface area (Å²) in [7, 11) is 0. The summed E-state index contributed by atoms with van der Waals surface area (Å²) >= 11 is 2.84. The lowest BCUT2D eigenvalue weighted by Crippen LogP contribution is -2.70. The fraction of sp³-hybridized carbons (Fsp3) is 0.148. The number of β-lactam (4-membered cyclic amide) rings is 1. The molecule has 176 valence electrons. The molecular weight excluding hydrogens is 480 g/mol. The Morgan fingerprint density at radius 2 is 1.66 bits per heavy atom. The van der Waals surface area contributed by atoms with E-state index in [4.69, 9.17) is 0 Å². The van der Waals surface area contributed by atoms with Gasteiger partial charge in [-0.1, -0.05) is 84.6 Å². The van der Waals surface area contributed by atoms with Gasteiger partial charge in [0.1, 0.15) is 17.1 Å². The SMILES string of the molecule is O=C(Cc1ccccc1)N[C@@H]1C(=O)N2C(C(=O)O)=C(Sc3cccc(-c4ccccc4)c3)CS[C@@H]12. The lowest BCUT2D eigenvalue weighted by molar-refractivity contribution is -0.150. The van der Waals surface area contributed by atoms with Crippen LogP contribution in [0.15, 0.2) is 100 Å². The van der Waals surface area contributed by atoms with E-state index in [0.717, 1.165) is 21.6 Å². The Hall–Kier alpha value is -3.49. The van der Waals surface area contributed by atoms with Gasteiger partial charge in [-0.2, -0.15) is 0 Å². The molecule has 8 heteroatoms. The summed E-state index contributed by atoms with van der Waals surface area (Å²) in [6.45, 7) is 0. The summed E-state index contributed by atoms with van der Waals surface area (Å²) in [5.74, 6) is -1.34. The first-order valence-corrected chi connectivity index (χ1v) is 13.0. The van der Waals surface area contributed by atoms with Crippen LogP contribution in [-0.2, 0) is 20.8 Å². The van der Waals surface area contributed by atoms with E-state index in [2.05, 4.69) is 5.32 Å². The lowest BCUT2D eigenvalue weighted by Gasteiger charge is -2.49. The van der Waals surface area contributed by atoms with Crippen LogP contribution in [0.3, 0.4) is 0 Å². The number of carboxylic acids is 1. The first-order chi connectivity index (χ1) is 17.0. The molecule has 1 saturated heterocycles. The van der Waals surface area contributed by atoms with Gasteiger partial charge in [0.25, 0.3) is 5.91 Å². The summed E-state index contributed by atoms with van der Waals surface area (Å²) in [4.78, 5) is 40.4. The number of fused-ring (bicyclic) bond motifs is 1. The molecule has 3 aromatic carbocycles. The average molecular weight is 503 g/mol. The molecule has 0 saturated carbocycles. The van der Waals surface area contributed by atoms with Crippen molar-refractivity contribution in [2.75, 3.05) is 5.75 Å². The molecule has 0 bridgehead atoms. The third-order valence-corrected chi connectivity index (χ3v) is 8.38. The number of carboxylic acid groups (broad SMARTS) is 1. The van der Waals surface area contributed by atoms with Gasteiger partial charge in [0.05, 0.1) is 6.42 Å². The van der Waals surface area contributed by atoms with Gasteiger partial charge in [-0.05, 0) is 28.8 Å². The number of benzene rings is 3. The second-order valence-corrected chi connectivity index (χ2v) is 10.5. The van der Waals surface area contributed by atoms with Crippen LogP contribution in [0.1, 0.15) is 5.56 Å². The highest BCUT2D eigenvalue weighted by Crippen LogP contribution is 2.45. The molecule has 0 unspecified atom stereocenters. The van der Waals surface area contributed by atoms with Gasteiger partial charge in [-0.25, -0.2) is 4.79 Å². The molecule has 0 spiro atoms. The molecular formula is C27H22N2O4S2. The first-order valence-electron chi connectivity index (χ1n) is 11.1. The van der Waals surface area contributed by atoms with E-state index in [0.29, 0.717) is 10.7 Å². The number of hydrogen-bond donors (Lipinski definition) is 2. The minimum atomic E-state index is -1.14. The van der Waals surface area contributed by atoms with Crippen molar-refractivity contribution in [1.29, 1.82) is 0 Å². The Labute approximate surface area is 211 Å². The second-order valence-electron chi connectivity index (χ2n) is 8.19. The van der Waals surface area contributed by atoms with Crippen molar-refractivity contribution in [2.24, 2.45) is 0 Å². The Morgan fingerprint density at radius 3 is 2.37 bits per heavy atom. The van der Waals surface area contributed by atoms with Crippen molar-refractivity contribution in [3.8, 4) is 11.1 Å². The number of carbonyl (C=O) groups is 3. The molecule has 0 radical (unpaired) electrons. The van der Waals surface area contributed by atoms with E-state index in [1.807, 2.05) is 84.9 Å². The third-order valence-electron chi connectivity index (χ3n) is 5.84. The zero-order valence-corrected chi connectivity index (χ0v) is 20.2. The fourth-order valence-electron chi connectivity index (χ4n) is 4.19. The summed E-state index contributed by atoms with van der Waals surface area (Å²) in [5, 5.41) is 12.3. The van der Waals surface area contributed by atoms with Crippen molar-refractivity contribution in [2.45, 2.75) is 22.7 Å². The third kappa shape index (κ3) is 4.85. The molecule has 0 aromatic heterocycles. The van der Waals surface area contributed by atoms with Crippen LogP contribution in [-0.4, -0.2) is 45.0 Å². The molecule has 5 rings (SSSR count). The average Bonchev–Trinajstić information content (AvgIpc) is 2.88. The van der Waals surface area contributed by atoms with Gasteiger partial charge in [0.2, 0.25) is 5.91 Å². The molecule has 2 amide bonds. The zero-order valence-electron chi connectivity index (χ0n) is 18.6. The molecule has 2 aliphatic rings. The summed E-state index contributed by atoms with van der Waals surface area (Å²) in [6.07, 6.45) is 0.169. The van der Waals surface area contributed by atoms with Gasteiger partial charge in [0.15, 0.2) is 0 Å². The van der Waals surface area contributed by atoms with Crippen molar-refractivity contribution < 1.29 is 19.5 Å². The lowest BCUT2D eigenvalue weighted by atomic mass is 10.0. The summed E-state index contributed by atoms with van der Waals surface area (Å²) in [5.41, 5.74) is 2.97. The predicted molar refractivity (Wildman–Crippen MR) is 138 cm³/mol. The van der Waals surface area contributed by atoms with Crippen LogP contribution in [0.25, 0.3) is 11.1 Å². The number of rotatable bonds is 7. The van der Waals surface area contributed by atoms with E-state index in [1.165, 1.54) is 28.4 Å². The van der Waals surface area contributed by atoms with Crippen LogP contribution in [0, 0.1) is 0 Å². The van der Waals surface area contributed by atoms with Crippen molar-refractivity contribution in [3.05, 3.63) is 101 Å². The number of amides is 2. The van der Waals surface area contributed by atoms with Crippen molar-refractivity contribution in [1.82, 2.24) is 10.2 Å². The van der Waals surface area contributed by atoms with Gasteiger partial charge >= 0.3 is 5.97 Å². The number of carbonyl (C=O) groups excluding carboxylic acids is 2. The van der Waals surface area contributed by atoms with Gasteiger partial charge in [-0.15, -0.1) is 11.8 Å². The highest BCUT2D eigenvalue weighted by Gasteiger charge is 2.54. The van der Waals surface area contributed by atoms with E-state index in [9.17, 15) is 19.5 Å². The second kappa shape index (κ2) is 10.0. The maximum atomic E-state index is 12.9. The molecule has 1 fully saturated rings. The fourth-order valence-corrected chi connectivity index (χ4v) is 6.72. The standard InChI is InChI=1S/C27H22N2O4S2/c30-22(14-17-8-3-1-4-9-17)28-23-25(31)29-24(27(32)33)21(16-34-26(23)29)35-20-13-7-12-19(15-20)18-10-5-2-6-11-18/h1-13,15,23,26H,14,16H2,(H,28,30)(H,32,33)/t23-,26+/m1/s1. The van der Waals surface area contributed by atoms with Crippen molar-refractivity contribution >= 4 is 41.3 Å². The number of thioether (sulfide) groups is 2. The normalized spacial score (nSPS) is 19.1. The van der Waals surface area contributed by atoms with E-state index in [-0.39, 0.29) is 18.0 Å². The smallest absolute Gasteiger partial charge is 0.353 e. The van der Waals surface area contributed by atoms with Gasteiger partial charge < -0.3 is 10.4 Å². The van der Waals surface area contributed by atoms with Crippen LogP contribution < -0.4 is 5.32 Å². The molecule has 3 aromatic rings. The van der Waals surface area contributed by atoms with E-state index >= 15 is 0 Å². The minimum absolute atomic E-state index is 0.00224.